The van der Waals surface area contributed by atoms with Gasteiger partial charge in [0.15, 0.2) is 12.1 Å². The summed E-state index contributed by atoms with van der Waals surface area (Å²) >= 11 is 0. The fraction of sp³-hybridized carbons (Fsp3) is 0.632. The number of hydrogen-bond acceptors (Lipinski definition) is 7. The fourth-order valence-corrected chi connectivity index (χ4v) is 3.40. The maximum atomic E-state index is 12.0. The third-order valence-electron chi connectivity index (χ3n) is 4.55. The van der Waals surface area contributed by atoms with Crippen LogP contribution in [0.2, 0.25) is 0 Å². The van der Waals surface area contributed by atoms with E-state index in [-0.39, 0.29) is 12.4 Å². The monoisotopic (exact) mass is 365 g/mol. The van der Waals surface area contributed by atoms with E-state index in [0.717, 1.165) is 5.56 Å². The summed E-state index contributed by atoms with van der Waals surface area (Å²) in [5.41, 5.74) is 1.07. The van der Waals surface area contributed by atoms with Crippen molar-refractivity contribution in [2.75, 3.05) is 6.61 Å². The zero-order valence-corrected chi connectivity index (χ0v) is 15.4. The molecule has 1 aromatic rings. The molecule has 0 amide bonds. The number of rotatable bonds is 7. The average Bonchev–Trinajstić information content (AvgIpc) is 3.06. The Balaban J connectivity index is 1.68. The van der Waals surface area contributed by atoms with Crippen LogP contribution >= 0.6 is 0 Å². The molecule has 0 radical (unpaired) electrons. The van der Waals surface area contributed by atoms with Gasteiger partial charge in [-0.2, -0.15) is 0 Å². The topological polar surface area (TPSA) is 86.3 Å². The minimum atomic E-state index is -0.899. The molecule has 2 aliphatic rings. The van der Waals surface area contributed by atoms with E-state index in [0.29, 0.717) is 13.2 Å². The normalized spacial score (nSPS) is 30.8. The van der Waals surface area contributed by atoms with E-state index in [2.05, 4.69) is 5.32 Å². The SMILES string of the molecule is CCOC(=O)C[C@H](NCc1ccccc1)[C@H]1O[C@@H]2OC(C)(C)O[C@@H]2[C@H]1O. The Morgan fingerprint density at radius 3 is 2.69 bits per heavy atom. The molecule has 7 nitrogen and oxygen atoms in total. The van der Waals surface area contributed by atoms with E-state index >= 15 is 0 Å². The zero-order chi connectivity index (χ0) is 18.7. The lowest BCUT2D eigenvalue weighted by atomic mass is 10.0. The second kappa shape index (κ2) is 8.02. The molecule has 2 fully saturated rings. The molecule has 3 rings (SSSR count). The van der Waals surface area contributed by atoms with Crippen molar-refractivity contribution >= 4 is 5.97 Å². The molecule has 2 N–H and O–H groups in total. The fourth-order valence-electron chi connectivity index (χ4n) is 3.40. The van der Waals surface area contributed by atoms with Gasteiger partial charge in [0.05, 0.1) is 13.0 Å². The quantitative estimate of drug-likeness (QED) is 0.705. The van der Waals surface area contributed by atoms with Gasteiger partial charge in [-0.3, -0.25) is 4.79 Å². The van der Waals surface area contributed by atoms with Crippen molar-refractivity contribution in [1.29, 1.82) is 0 Å². The van der Waals surface area contributed by atoms with Crippen LogP contribution in [-0.2, 0) is 30.3 Å². The number of benzene rings is 1. The van der Waals surface area contributed by atoms with Crippen LogP contribution in [0.5, 0.6) is 0 Å². The van der Waals surface area contributed by atoms with Gasteiger partial charge < -0.3 is 29.4 Å². The first-order chi connectivity index (χ1) is 12.4. The van der Waals surface area contributed by atoms with Gasteiger partial charge in [0.2, 0.25) is 0 Å². The second-order valence-corrected chi connectivity index (χ2v) is 7.04. The van der Waals surface area contributed by atoms with E-state index in [4.69, 9.17) is 18.9 Å². The minimum absolute atomic E-state index is 0.0885. The molecule has 2 saturated heterocycles. The molecule has 5 atom stereocenters. The molecule has 0 aliphatic carbocycles. The number of aliphatic hydroxyl groups excluding tert-OH is 1. The number of carbonyl (C=O) groups is 1. The highest BCUT2D eigenvalue weighted by Gasteiger charge is 2.56. The maximum absolute atomic E-state index is 12.0. The molecule has 0 saturated carbocycles. The van der Waals surface area contributed by atoms with Gasteiger partial charge in [-0.05, 0) is 26.3 Å². The summed E-state index contributed by atoms with van der Waals surface area (Å²) in [6.07, 6.45) is -2.66. The van der Waals surface area contributed by atoms with Crippen molar-refractivity contribution in [3.63, 3.8) is 0 Å². The minimum Gasteiger partial charge on any atom is -0.466 e. The van der Waals surface area contributed by atoms with E-state index in [1.807, 2.05) is 30.3 Å². The summed E-state index contributed by atoms with van der Waals surface area (Å²) in [7, 11) is 0. The summed E-state index contributed by atoms with van der Waals surface area (Å²) in [6.45, 7) is 6.17. The van der Waals surface area contributed by atoms with Gasteiger partial charge in [0, 0.05) is 12.6 Å². The maximum Gasteiger partial charge on any atom is 0.307 e. The van der Waals surface area contributed by atoms with Crippen LogP contribution in [0.15, 0.2) is 30.3 Å². The van der Waals surface area contributed by atoms with Crippen LogP contribution in [-0.4, -0.2) is 54.1 Å². The molecule has 144 valence electrons. The third-order valence-corrected chi connectivity index (χ3v) is 4.55. The van der Waals surface area contributed by atoms with Crippen molar-refractivity contribution in [2.24, 2.45) is 0 Å². The molecule has 1 aromatic carbocycles. The molecule has 7 heteroatoms. The zero-order valence-electron chi connectivity index (χ0n) is 15.4. The van der Waals surface area contributed by atoms with Gasteiger partial charge in [-0.1, -0.05) is 30.3 Å². The van der Waals surface area contributed by atoms with Crippen molar-refractivity contribution in [1.82, 2.24) is 5.32 Å². The van der Waals surface area contributed by atoms with Crippen LogP contribution in [0.3, 0.4) is 0 Å². The molecule has 2 aliphatic heterocycles. The molecule has 0 bridgehead atoms. The Labute approximate surface area is 153 Å². The van der Waals surface area contributed by atoms with Crippen LogP contribution in [0, 0.1) is 0 Å². The smallest absolute Gasteiger partial charge is 0.307 e. The Kier molecular flexibility index (Phi) is 5.94. The Hall–Kier alpha value is -1.51. The highest BCUT2D eigenvalue weighted by molar-refractivity contribution is 5.70. The molecular formula is C19H27NO6. The first kappa shape index (κ1) is 19.3. The standard InChI is InChI=1S/C19H27NO6/c1-4-23-14(21)10-13(20-11-12-8-6-5-7-9-12)16-15(22)17-18(24-16)26-19(2,3)25-17/h5-9,13,15-18,20,22H,4,10-11H2,1-3H3/t13-,15-,16+,17+,18+/m0/s1. The Morgan fingerprint density at radius 1 is 1.31 bits per heavy atom. The van der Waals surface area contributed by atoms with Crippen molar-refractivity contribution in [3.8, 4) is 0 Å². The number of carbonyl (C=O) groups excluding carboxylic acids is 1. The lowest BCUT2D eigenvalue weighted by Gasteiger charge is -2.29. The second-order valence-electron chi connectivity index (χ2n) is 7.04. The predicted octanol–water partition coefficient (Wildman–Crippen LogP) is 1.34. The van der Waals surface area contributed by atoms with E-state index < -0.39 is 36.4 Å². The van der Waals surface area contributed by atoms with Crippen LogP contribution < -0.4 is 5.32 Å². The third kappa shape index (κ3) is 4.42. The Morgan fingerprint density at radius 2 is 2.04 bits per heavy atom. The molecule has 0 spiro atoms. The molecule has 0 unspecified atom stereocenters. The number of aliphatic hydroxyl groups is 1. The molecular weight excluding hydrogens is 338 g/mol. The van der Waals surface area contributed by atoms with Gasteiger partial charge in [-0.15, -0.1) is 0 Å². The van der Waals surface area contributed by atoms with Crippen molar-refractivity contribution in [2.45, 2.75) is 70.2 Å². The summed E-state index contributed by atoms with van der Waals surface area (Å²) in [5, 5.41) is 14.0. The van der Waals surface area contributed by atoms with E-state index in [1.165, 1.54) is 0 Å². The number of fused-ring (bicyclic) bond motifs is 1. The number of nitrogens with one attached hydrogen (secondary N) is 1. The van der Waals surface area contributed by atoms with Crippen LogP contribution in [0.4, 0.5) is 0 Å². The van der Waals surface area contributed by atoms with Crippen molar-refractivity contribution in [3.05, 3.63) is 35.9 Å². The summed E-state index contributed by atoms with van der Waals surface area (Å²) in [6, 6.07) is 9.40. The molecule has 26 heavy (non-hydrogen) atoms. The summed E-state index contributed by atoms with van der Waals surface area (Å²) < 4.78 is 22.4. The predicted molar refractivity (Wildman–Crippen MR) is 93.0 cm³/mol. The number of esters is 1. The first-order valence-electron chi connectivity index (χ1n) is 9.01. The summed E-state index contributed by atoms with van der Waals surface area (Å²) in [5.74, 6) is -1.14. The largest absolute Gasteiger partial charge is 0.466 e. The van der Waals surface area contributed by atoms with Gasteiger partial charge in [0.1, 0.15) is 18.3 Å². The van der Waals surface area contributed by atoms with Crippen molar-refractivity contribution < 1.29 is 28.8 Å². The lowest BCUT2D eigenvalue weighted by molar-refractivity contribution is -0.218. The van der Waals surface area contributed by atoms with Gasteiger partial charge in [-0.25, -0.2) is 0 Å². The lowest BCUT2D eigenvalue weighted by Crippen LogP contribution is -2.48. The van der Waals surface area contributed by atoms with E-state index in [1.54, 1.807) is 20.8 Å². The highest BCUT2D eigenvalue weighted by atomic mass is 16.8. The first-order valence-corrected chi connectivity index (χ1v) is 9.01. The number of hydrogen-bond donors (Lipinski definition) is 2. The van der Waals surface area contributed by atoms with Crippen LogP contribution in [0.1, 0.15) is 32.8 Å². The average molecular weight is 365 g/mol. The number of ether oxygens (including phenoxy) is 4. The van der Waals surface area contributed by atoms with E-state index in [9.17, 15) is 9.90 Å². The van der Waals surface area contributed by atoms with Gasteiger partial charge in [0.25, 0.3) is 0 Å². The summed E-state index contributed by atoms with van der Waals surface area (Å²) in [4.78, 5) is 12.0. The molecule has 0 aromatic heterocycles. The van der Waals surface area contributed by atoms with Crippen LogP contribution in [0.25, 0.3) is 0 Å². The molecule has 2 heterocycles. The van der Waals surface area contributed by atoms with Gasteiger partial charge >= 0.3 is 5.97 Å². The highest BCUT2D eigenvalue weighted by Crippen LogP contribution is 2.38. The Bertz CT molecular complexity index is 607.